The third-order valence-corrected chi connectivity index (χ3v) is 5.43. The first-order valence-electron chi connectivity index (χ1n) is 10.5. The molecule has 1 atom stereocenters. The zero-order valence-corrected chi connectivity index (χ0v) is 17.8. The molecule has 1 heterocycles. The Kier molecular flexibility index (Phi) is 6.31. The molecular weight excluding hydrogens is 404 g/mol. The van der Waals surface area contributed by atoms with Gasteiger partial charge in [-0.3, -0.25) is 14.4 Å². The van der Waals surface area contributed by atoms with Crippen molar-refractivity contribution in [1.82, 2.24) is 0 Å². The number of aryl methyl sites for hydroxylation is 1. The molecule has 1 N–H and O–H groups in total. The van der Waals surface area contributed by atoms with Crippen molar-refractivity contribution in [1.29, 1.82) is 0 Å². The van der Waals surface area contributed by atoms with Crippen molar-refractivity contribution in [3.63, 3.8) is 0 Å². The highest BCUT2D eigenvalue weighted by Crippen LogP contribution is 2.26. The van der Waals surface area contributed by atoms with Gasteiger partial charge in [-0.15, -0.1) is 0 Å². The smallest absolute Gasteiger partial charge is 0.311 e. The van der Waals surface area contributed by atoms with E-state index < -0.39 is 5.92 Å². The number of hydrogen-bond acceptors (Lipinski definition) is 4. The largest absolute Gasteiger partial charge is 0.461 e. The number of carbonyl (C=O) groups excluding carboxylic acids is 3. The molecule has 1 fully saturated rings. The van der Waals surface area contributed by atoms with Gasteiger partial charge in [0.15, 0.2) is 0 Å². The number of rotatable bonds is 6. The van der Waals surface area contributed by atoms with Crippen LogP contribution in [0.15, 0.2) is 78.9 Å². The molecule has 1 unspecified atom stereocenters. The summed E-state index contributed by atoms with van der Waals surface area (Å²) in [5.41, 5.74) is 3.91. The van der Waals surface area contributed by atoms with E-state index in [1.807, 2.05) is 61.5 Å². The van der Waals surface area contributed by atoms with Crippen LogP contribution >= 0.6 is 0 Å². The van der Waals surface area contributed by atoms with Gasteiger partial charge in [0, 0.05) is 29.9 Å². The molecule has 0 aromatic heterocycles. The van der Waals surface area contributed by atoms with Crippen LogP contribution in [0.3, 0.4) is 0 Å². The lowest BCUT2D eigenvalue weighted by Crippen LogP contribution is -2.26. The average Bonchev–Trinajstić information content (AvgIpc) is 3.20. The fraction of sp³-hybridized carbons (Fsp3) is 0.192. The highest BCUT2D eigenvalue weighted by molar-refractivity contribution is 6.04. The molecule has 0 bridgehead atoms. The number of esters is 1. The monoisotopic (exact) mass is 428 g/mol. The number of hydrogen-bond donors (Lipinski definition) is 1. The number of nitrogens with zero attached hydrogens (tertiary/aromatic N) is 1. The van der Waals surface area contributed by atoms with Gasteiger partial charge in [0.05, 0.1) is 5.92 Å². The van der Waals surface area contributed by atoms with E-state index in [1.54, 1.807) is 29.2 Å². The fourth-order valence-corrected chi connectivity index (χ4v) is 3.59. The first-order valence-corrected chi connectivity index (χ1v) is 10.5. The summed E-state index contributed by atoms with van der Waals surface area (Å²) >= 11 is 0. The maximum Gasteiger partial charge on any atom is 0.311 e. The van der Waals surface area contributed by atoms with Crippen molar-refractivity contribution in [3.05, 3.63) is 95.6 Å². The molecule has 162 valence electrons. The van der Waals surface area contributed by atoms with E-state index in [0.29, 0.717) is 12.1 Å². The molecule has 1 aliphatic rings. The topological polar surface area (TPSA) is 75.7 Å². The van der Waals surface area contributed by atoms with Crippen molar-refractivity contribution in [2.75, 3.05) is 16.8 Å². The summed E-state index contributed by atoms with van der Waals surface area (Å²) in [5, 5.41) is 2.83. The summed E-state index contributed by atoms with van der Waals surface area (Å²) in [6.07, 6.45) is 0.144. The summed E-state index contributed by atoms with van der Waals surface area (Å²) in [6.45, 7) is 2.39. The van der Waals surface area contributed by atoms with Gasteiger partial charge in [0.25, 0.3) is 5.91 Å². The second-order valence-corrected chi connectivity index (χ2v) is 7.87. The van der Waals surface area contributed by atoms with Gasteiger partial charge >= 0.3 is 5.97 Å². The predicted molar refractivity (Wildman–Crippen MR) is 122 cm³/mol. The Balaban J connectivity index is 1.30. The molecule has 32 heavy (non-hydrogen) atoms. The van der Waals surface area contributed by atoms with E-state index in [4.69, 9.17) is 4.74 Å². The molecule has 3 aromatic carbocycles. The maximum atomic E-state index is 12.5. The van der Waals surface area contributed by atoms with Crippen LogP contribution in [0, 0.1) is 12.8 Å². The van der Waals surface area contributed by atoms with Crippen molar-refractivity contribution in [3.8, 4) is 0 Å². The Morgan fingerprint density at radius 3 is 2.34 bits per heavy atom. The molecule has 0 saturated carbocycles. The summed E-state index contributed by atoms with van der Waals surface area (Å²) in [4.78, 5) is 38.8. The molecule has 6 nitrogen and oxygen atoms in total. The van der Waals surface area contributed by atoms with Gasteiger partial charge in [-0.2, -0.15) is 0 Å². The van der Waals surface area contributed by atoms with Crippen LogP contribution in [-0.2, 0) is 20.9 Å². The zero-order chi connectivity index (χ0) is 22.5. The van der Waals surface area contributed by atoms with Crippen molar-refractivity contribution >= 4 is 29.2 Å². The SMILES string of the molecule is Cc1ccc(N2CC(C(=O)OCc3ccc(C(=O)Nc4ccccc4)cc3)CC2=O)cc1. The molecule has 6 heteroatoms. The quantitative estimate of drug-likeness (QED) is 0.593. The predicted octanol–water partition coefficient (Wildman–Crippen LogP) is 4.34. The van der Waals surface area contributed by atoms with Gasteiger partial charge in [-0.25, -0.2) is 0 Å². The van der Waals surface area contributed by atoms with Gasteiger partial charge in [0.2, 0.25) is 5.91 Å². The van der Waals surface area contributed by atoms with Crippen LogP contribution in [0.25, 0.3) is 0 Å². The number of amides is 2. The van der Waals surface area contributed by atoms with E-state index in [0.717, 1.165) is 22.5 Å². The number of ether oxygens (including phenoxy) is 1. The summed E-state index contributed by atoms with van der Waals surface area (Å²) in [5.74, 6) is -1.16. The van der Waals surface area contributed by atoms with E-state index in [1.165, 1.54) is 0 Å². The lowest BCUT2D eigenvalue weighted by molar-refractivity contribution is -0.149. The minimum absolute atomic E-state index is 0.0791. The van der Waals surface area contributed by atoms with Crippen LogP contribution in [0.1, 0.15) is 27.9 Å². The van der Waals surface area contributed by atoms with Crippen LogP contribution in [0.4, 0.5) is 11.4 Å². The Morgan fingerprint density at radius 2 is 1.66 bits per heavy atom. The minimum Gasteiger partial charge on any atom is -0.461 e. The second-order valence-electron chi connectivity index (χ2n) is 7.87. The van der Waals surface area contributed by atoms with Crippen molar-refractivity contribution in [2.24, 2.45) is 5.92 Å². The molecule has 2 amide bonds. The van der Waals surface area contributed by atoms with E-state index in [9.17, 15) is 14.4 Å². The molecule has 1 aliphatic heterocycles. The third-order valence-electron chi connectivity index (χ3n) is 5.43. The highest BCUT2D eigenvalue weighted by Gasteiger charge is 2.36. The fourth-order valence-electron chi connectivity index (χ4n) is 3.59. The third kappa shape index (κ3) is 5.03. The number of anilines is 2. The van der Waals surface area contributed by atoms with Gasteiger partial charge < -0.3 is 15.0 Å². The molecule has 4 rings (SSSR count). The lowest BCUT2D eigenvalue weighted by Gasteiger charge is -2.16. The number of nitrogens with one attached hydrogen (secondary N) is 1. The summed E-state index contributed by atoms with van der Waals surface area (Å²) in [7, 11) is 0. The van der Waals surface area contributed by atoms with Crippen LogP contribution in [0.2, 0.25) is 0 Å². The molecule has 3 aromatic rings. The van der Waals surface area contributed by atoms with E-state index in [-0.39, 0.29) is 30.8 Å². The molecule has 0 radical (unpaired) electrons. The van der Waals surface area contributed by atoms with E-state index in [2.05, 4.69) is 5.32 Å². The van der Waals surface area contributed by atoms with Crippen LogP contribution in [0.5, 0.6) is 0 Å². The normalized spacial score (nSPS) is 15.5. The summed E-state index contributed by atoms with van der Waals surface area (Å²) in [6, 6.07) is 23.8. The number of carbonyl (C=O) groups is 3. The van der Waals surface area contributed by atoms with Crippen molar-refractivity contribution < 1.29 is 19.1 Å². The minimum atomic E-state index is -0.486. The zero-order valence-electron chi connectivity index (χ0n) is 17.8. The van der Waals surface area contributed by atoms with Gasteiger partial charge in [0.1, 0.15) is 6.61 Å². The van der Waals surface area contributed by atoms with Crippen molar-refractivity contribution in [2.45, 2.75) is 20.0 Å². The maximum absolute atomic E-state index is 12.5. The molecule has 0 aliphatic carbocycles. The Labute approximate surface area is 186 Å². The van der Waals surface area contributed by atoms with Crippen LogP contribution < -0.4 is 10.2 Å². The lowest BCUT2D eigenvalue weighted by atomic mass is 10.1. The Bertz CT molecular complexity index is 1110. The Hall–Kier alpha value is -3.93. The standard InChI is InChI=1S/C26H24N2O4/c1-18-7-13-23(14-8-18)28-16-21(15-24(28)29)26(31)32-17-19-9-11-20(12-10-19)25(30)27-22-5-3-2-4-6-22/h2-14,21H,15-17H2,1H3,(H,27,30). The first kappa shape index (κ1) is 21.3. The Morgan fingerprint density at radius 1 is 0.969 bits per heavy atom. The average molecular weight is 428 g/mol. The number of benzene rings is 3. The molecular formula is C26H24N2O4. The van der Waals surface area contributed by atoms with Gasteiger partial charge in [-0.1, -0.05) is 48.0 Å². The molecule has 1 saturated heterocycles. The highest BCUT2D eigenvalue weighted by atomic mass is 16.5. The first-order chi connectivity index (χ1) is 15.5. The molecule has 0 spiro atoms. The second kappa shape index (κ2) is 9.47. The van der Waals surface area contributed by atoms with Gasteiger partial charge in [-0.05, 0) is 48.9 Å². The number of para-hydroxylation sites is 1. The van der Waals surface area contributed by atoms with E-state index >= 15 is 0 Å². The summed E-state index contributed by atoms with van der Waals surface area (Å²) < 4.78 is 5.44. The van der Waals surface area contributed by atoms with Crippen LogP contribution in [-0.4, -0.2) is 24.3 Å².